The number of rotatable bonds is 4. The van der Waals surface area contributed by atoms with E-state index >= 15 is 0 Å². The number of allylic oxidation sites excluding steroid dienone is 3. The quantitative estimate of drug-likeness (QED) is 0.339. The lowest BCUT2D eigenvalue weighted by atomic mass is 9.90. The second-order valence-electron chi connectivity index (χ2n) is 6.44. The summed E-state index contributed by atoms with van der Waals surface area (Å²) in [4.78, 5) is 0. The Balaban J connectivity index is 1.83. The molecular weight excluding hydrogens is 410 g/mol. The van der Waals surface area contributed by atoms with Crippen molar-refractivity contribution in [2.45, 2.75) is 11.5 Å². The molecule has 156 valence electrons. The van der Waals surface area contributed by atoms with Crippen molar-refractivity contribution in [3.63, 3.8) is 0 Å². The van der Waals surface area contributed by atoms with Crippen LogP contribution in [-0.4, -0.2) is 12.5 Å². The molecule has 1 atom stereocenters. The molecule has 0 bridgehead atoms. The van der Waals surface area contributed by atoms with E-state index in [-0.39, 0.29) is 11.3 Å². The summed E-state index contributed by atoms with van der Waals surface area (Å²) in [5.74, 6) is -3.28. The van der Waals surface area contributed by atoms with E-state index in [0.717, 1.165) is 36.4 Å². The van der Waals surface area contributed by atoms with Crippen LogP contribution in [0.15, 0.2) is 59.9 Å². The molecule has 0 radical (unpaired) electrons. The summed E-state index contributed by atoms with van der Waals surface area (Å²) in [6, 6.07) is 5.11. The number of hydrogen-bond donors (Lipinski definition) is 2. The van der Waals surface area contributed by atoms with Gasteiger partial charge in [0.25, 0.3) is 0 Å². The highest BCUT2D eigenvalue weighted by molar-refractivity contribution is 5.42. The Bertz CT molecular complexity index is 1110. The van der Waals surface area contributed by atoms with Gasteiger partial charge in [-0.15, -0.1) is 0 Å². The first-order chi connectivity index (χ1) is 14.1. The summed E-state index contributed by atoms with van der Waals surface area (Å²) in [6.07, 6.45) is 1.76. The van der Waals surface area contributed by atoms with Gasteiger partial charge in [0.15, 0.2) is 17.2 Å². The van der Waals surface area contributed by atoms with Gasteiger partial charge in [0.1, 0.15) is 11.6 Å². The van der Waals surface area contributed by atoms with Crippen molar-refractivity contribution in [1.82, 2.24) is 0 Å². The monoisotopic (exact) mass is 424 g/mol. The fourth-order valence-electron chi connectivity index (χ4n) is 2.67. The summed E-state index contributed by atoms with van der Waals surface area (Å²) >= 11 is 0. The average Bonchev–Trinajstić information content (AvgIpc) is 3.49. The molecule has 4 N–H and O–H groups in total. The van der Waals surface area contributed by atoms with E-state index in [2.05, 4.69) is 11.8 Å². The third kappa shape index (κ3) is 4.00. The molecule has 2 aromatic rings. The maximum Gasteiger partial charge on any atom is 0.321 e. The van der Waals surface area contributed by atoms with E-state index < -0.39 is 52.7 Å². The minimum atomic E-state index is -3.84. The van der Waals surface area contributed by atoms with Crippen molar-refractivity contribution in [2.24, 2.45) is 11.5 Å². The Hall–Kier alpha value is -3.38. The molecule has 1 aliphatic heterocycles. The molecule has 30 heavy (non-hydrogen) atoms. The molecule has 0 spiro atoms. The maximum atomic E-state index is 14.8. The molecule has 1 fully saturated rings. The summed E-state index contributed by atoms with van der Waals surface area (Å²) < 4.78 is 87.6. The van der Waals surface area contributed by atoms with E-state index in [0.29, 0.717) is 6.07 Å². The highest BCUT2D eigenvalue weighted by Crippen LogP contribution is 2.53. The molecule has 3 rings (SSSR count). The zero-order valence-electron chi connectivity index (χ0n) is 15.2. The lowest BCUT2D eigenvalue weighted by molar-refractivity contribution is -0.0465. The van der Waals surface area contributed by atoms with Crippen LogP contribution < -0.4 is 11.5 Å². The van der Waals surface area contributed by atoms with Crippen LogP contribution in [0.25, 0.3) is 0 Å². The molecule has 0 saturated carbocycles. The van der Waals surface area contributed by atoms with Gasteiger partial charge in [-0.1, -0.05) is 5.92 Å². The molecular formula is C21H14F6N2O. The number of hydrogen-bond acceptors (Lipinski definition) is 3. The zero-order valence-corrected chi connectivity index (χ0v) is 15.2. The number of nitrogens with two attached hydrogens (primary N) is 2. The Labute approximate surface area is 167 Å². The van der Waals surface area contributed by atoms with Crippen LogP contribution in [0, 0.1) is 35.1 Å². The van der Waals surface area contributed by atoms with Crippen molar-refractivity contribution in [3.05, 3.63) is 94.3 Å². The van der Waals surface area contributed by atoms with Crippen LogP contribution in [0.1, 0.15) is 11.1 Å². The lowest BCUT2D eigenvalue weighted by Crippen LogP contribution is -2.40. The Morgan fingerprint density at radius 2 is 1.67 bits per heavy atom. The third-order valence-corrected chi connectivity index (χ3v) is 4.38. The Kier molecular flexibility index (Phi) is 5.55. The first-order valence-corrected chi connectivity index (χ1v) is 8.44. The van der Waals surface area contributed by atoms with Crippen LogP contribution in [0.5, 0.6) is 0 Å². The molecule has 9 heteroatoms. The van der Waals surface area contributed by atoms with Gasteiger partial charge in [0.2, 0.25) is 0 Å². The van der Waals surface area contributed by atoms with E-state index in [1.54, 1.807) is 0 Å². The zero-order chi connectivity index (χ0) is 22.1. The average molecular weight is 424 g/mol. The van der Waals surface area contributed by atoms with Gasteiger partial charge in [-0.05, 0) is 48.4 Å². The normalized spacial score (nSPS) is 19.3. The van der Waals surface area contributed by atoms with Crippen molar-refractivity contribution in [1.29, 1.82) is 0 Å². The molecule has 0 amide bonds. The molecule has 2 aromatic carbocycles. The van der Waals surface area contributed by atoms with Crippen molar-refractivity contribution in [3.8, 4) is 11.8 Å². The van der Waals surface area contributed by atoms with Gasteiger partial charge in [0.05, 0.1) is 18.0 Å². The largest absolute Gasteiger partial charge is 0.397 e. The van der Waals surface area contributed by atoms with Crippen LogP contribution in [0.2, 0.25) is 0 Å². The number of benzene rings is 2. The standard InChI is InChI=1S/C21H14F6N2O/c22-13-3-6-15(17(24)10-13)20(11-30-20)21(26,27)19(29)8-5-14(28)4-1-12-2-7-16(23)18(25)9-12/h2-3,5-10H,11,28-29H2/b14-5-,19-8-. The van der Waals surface area contributed by atoms with E-state index in [9.17, 15) is 26.3 Å². The molecule has 0 aromatic heterocycles. The predicted molar refractivity (Wildman–Crippen MR) is 96.7 cm³/mol. The number of halogens is 6. The maximum absolute atomic E-state index is 14.8. The number of alkyl halides is 2. The minimum absolute atomic E-state index is 0.115. The van der Waals surface area contributed by atoms with E-state index in [4.69, 9.17) is 16.2 Å². The van der Waals surface area contributed by atoms with Crippen LogP contribution in [0.3, 0.4) is 0 Å². The van der Waals surface area contributed by atoms with E-state index in [1.165, 1.54) is 6.07 Å². The Morgan fingerprint density at radius 1 is 0.967 bits per heavy atom. The van der Waals surface area contributed by atoms with Crippen LogP contribution in [-0.2, 0) is 10.3 Å². The fourth-order valence-corrected chi connectivity index (χ4v) is 2.67. The number of epoxide rings is 1. The van der Waals surface area contributed by atoms with Gasteiger partial charge in [0, 0.05) is 17.2 Å². The molecule has 0 aliphatic carbocycles. The predicted octanol–water partition coefficient (Wildman–Crippen LogP) is 3.84. The highest BCUT2D eigenvalue weighted by Gasteiger charge is 2.67. The highest BCUT2D eigenvalue weighted by atomic mass is 19.3. The first kappa shape index (κ1) is 21.3. The summed E-state index contributed by atoms with van der Waals surface area (Å²) in [7, 11) is 0. The van der Waals surface area contributed by atoms with Gasteiger partial charge in [-0.25, -0.2) is 17.6 Å². The SMILES string of the molecule is N/C(C#Cc1ccc(F)c(F)c1)=C\C=C(/N)C(F)(F)C1(c2ccc(F)cc2F)CO1. The first-order valence-electron chi connectivity index (χ1n) is 8.44. The second kappa shape index (κ2) is 7.80. The molecule has 1 saturated heterocycles. The third-order valence-electron chi connectivity index (χ3n) is 4.38. The second-order valence-corrected chi connectivity index (χ2v) is 6.44. The minimum Gasteiger partial charge on any atom is -0.397 e. The van der Waals surface area contributed by atoms with Gasteiger partial charge in [-0.3, -0.25) is 0 Å². The van der Waals surface area contributed by atoms with Gasteiger partial charge in [-0.2, -0.15) is 8.78 Å². The van der Waals surface area contributed by atoms with Crippen LogP contribution >= 0.6 is 0 Å². The number of ether oxygens (including phenoxy) is 1. The topological polar surface area (TPSA) is 64.6 Å². The molecule has 1 unspecified atom stereocenters. The van der Waals surface area contributed by atoms with Crippen molar-refractivity contribution in [2.75, 3.05) is 6.61 Å². The van der Waals surface area contributed by atoms with Crippen molar-refractivity contribution >= 4 is 0 Å². The fraction of sp³-hybridized carbons (Fsp3) is 0.143. The summed E-state index contributed by atoms with van der Waals surface area (Å²) in [5.41, 5.74) is 7.13. The molecule has 3 nitrogen and oxygen atoms in total. The Morgan fingerprint density at radius 3 is 2.27 bits per heavy atom. The molecule has 1 aliphatic rings. The van der Waals surface area contributed by atoms with Crippen molar-refractivity contribution < 1.29 is 31.1 Å². The van der Waals surface area contributed by atoms with Gasteiger partial charge >= 0.3 is 5.92 Å². The van der Waals surface area contributed by atoms with Gasteiger partial charge < -0.3 is 16.2 Å². The molecule has 1 heterocycles. The van der Waals surface area contributed by atoms with E-state index in [1.807, 2.05) is 0 Å². The summed E-state index contributed by atoms with van der Waals surface area (Å²) in [5, 5.41) is 0. The lowest BCUT2D eigenvalue weighted by Gasteiger charge is -2.24. The summed E-state index contributed by atoms with van der Waals surface area (Å²) in [6.45, 7) is -0.522. The smallest absolute Gasteiger partial charge is 0.321 e. The van der Waals surface area contributed by atoms with Crippen LogP contribution in [0.4, 0.5) is 26.3 Å².